The number of aliphatic hydroxyl groups is 2. The summed E-state index contributed by atoms with van der Waals surface area (Å²) in [6, 6.07) is 6.35. The monoisotopic (exact) mass is 327 g/mol. The molecular weight excluding hydrogens is 301 g/mol. The van der Waals surface area contributed by atoms with Gasteiger partial charge in [0.15, 0.2) is 0 Å². The summed E-state index contributed by atoms with van der Waals surface area (Å²) in [6.07, 6.45) is -0.433. The lowest BCUT2D eigenvalue weighted by atomic mass is 9.86. The molecule has 1 aromatic rings. The second-order valence-corrected chi connectivity index (χ2v) is 6.32. The molecule has 1 saturated carbocycles. The molecule has 1 fully saturated rings. The SMILES string of the molecule is COCCOCC1(CNCc2ccc(F)cc2)C[C@@H](O)[C@@H](O)C1. The molecule has 23 heavy (non-hydrogen) atoms. The smallest absolute Gasteiger partial charge is 0.123 e. The Hall–Kier alpha value is -1.05. The van der Waals surface area contributed by atoms with Gasteiger partial charge in [0.25, 0.3) is 0 Å². The van der Waals surface area contributed by atoms with E-state index >= 15 is 0 Å². The van der Waals surface area contributed by atoms with Crippen LogP contribution in [-0.4, -0.2) is 55.9 Å². The first-order valence-electron chi connectivity index (χ1n) is 7.93. The largest absolute Gasteiger partial charge is 0.390 e. The van der Waals surface area contributed by atoms with Crippen molar-refractivity contribution in [2.45, 2.75) is 31.6 Å². The van der Waals surface area contributed by atoms with Crippen molar-refractivity contribution in [2.24, 2.45) is 5.41 Å². The van der Waals surface area contributed by atoms with E-state index < -0.39 is 12.2 Å². The number of nitrogens with one attached hydrogen (secondary N) is 1. The molecule has 130 valence electrons. The Labute approximate surface area is 136 Å². The molecule has 3 N–H and O–H groups in total. The highest BCUT2D eigenvalue weighted by Gasteiger charge is 2.44. The first-order valence-corrected chi connectivity index (χ1v) is 7.93. The van der Waals surface area contributed by atoms with Crippen molar-refractivity contribution in [1.29, 1.82) is 0 Å². The van der Waals surface area contributed by atoms with Crippen LogP contribution in [0.4, 0.5) is 4.39 Å². The summed E-state index contributed by atoms with van der Waals surface area (Å²) < 4.78 is 23.5. The molecule has 0 saturated heterocycles. The van der Waals surface area contributed by atoms with E-state index in [0.29, 0.717) is 45.8 Å². The lowest BCUT2D eigenvalue weighted by molar-refractivity contribution is 0.0111. The number of hydrogen-bond donors (Lipinski definition) is 3. The van der Waals surface area contributed by atoms with Gasteiger partial charge in [0.05, 0.1) is 32.0 Å². The van der Waals surface area contributed by atoms with E-state index in [1.807, 2.05) is 0 Å². The lowest BCUT2D eigenvalue weighted by Crippen LogP contribution is -2.37. The number of hydrogen-bond acceptors (Lipinski definition) is 5. The minimum atomic E-state index is -0.714. The van der Waals surface area contributed by atoms with Crippen LogP contribution in [0.1, 0.15) is 18.4 Å². The van der Waals surface area contributed by atoms with Crippen molar-refractivity contribution < 1.29 is 24.1 Å². The Bertz CT molecular complexity index is 458. The van der Waals surface area contributed by atoms with E-state index in [-0.39, 0.29) is 11.2 Å². The van der Waals surface area contributed by atoms with E-state index in [4.69, 9.17) is 9.47 Å². The molecule has 5 nitrogen and oxygen atoms in total. The third kappa shape index (κ3) is 5.51. The molecule has 0 heterocycles. The zero-order valence-corrected chi connectivity index (χ0v) is 13.5. The highest BCUT2D eigenvalue weighted by Crippen LogP contribution is 2.38. The minimum Gasteiger partial charge on any atom is -0.390 e. The van der Waals surface area contributed by atoms with Crippen molar-refractivity contribution >= 4 is 0 Å². The molecule has 0 amide bonds. The molecule has 1 unspecified atom stereocenters. The fraction of sp³-hybridized carbons (Fsp3) is 0.647. The number of rotatable bonds is 9. The summed E-state index contributed by atoms with van der Waals surface area (Å²) in [4.78, 5) is 0. The molecule has 3 atom stereocenters. The molecule has 1 aromatic carbocycles. The summed E-state index contributed by atoms with van der Waals surface area (Å²) in [7, 11) is 1.62. The van der Waals surface area contributed by atoms with E-state index in [1.165, 1.54) is 12.1 Å². The van der Waals surface area contributed by atoms with Crippen LogP contribution < -0.4 is 5.32 Å². The number of benzene rings is 1. The van der Waals surface area contributed by atoms with Crippen LogP contribution in [-0.2, 0) is 16.0 Å². The Morgan fingerprint density at radius 3 is 2.43 bits per heavy atom. The standard InChI is InChI=1S/C17H26FNO4/c1-22-6-7-23-12-17(8-15(20)16(21)9-17)11-19-10-13-2-4-14(18)5-3-13/h2-5,15-16,19-21H,6-12H2,1H3/t15-,16+,17?. The van der Waals surface area contributed by atoms with Crippen LogP contribution in [0.3, 0.4) is 0 Å². The maximum absolute atomic E-state index is 12.9. The van der Waals surface area contributed by atoms with Gasteiger partial charge >= 0.3 is 0 Å². The predicted molar refractivity (Wildman–Crippen MR) is 84.5 cm³/mol. The van der Waals surface area contributed by atoms with Crippen LogP contribution in [0.2, 0.25) is 0 Å². The molecule has 0 radical (unpaired) electrons. The predicted octanol–water partition coefficient (Wildman–Crippen LogP) is 1.08. The van der Waals surface area contributed by atoms with Gasteiger partial charge in [0.1, 0.15) is 5.82 Å². The third-order valence-electron chi connectivity index (χ3n) is 4.31. The third-order valence-corrected chi connectivity index (χ3v) is 4.31. The number of aliphatic hydroxyl groups excluding tert-OH is 2. The van der Waals surface area contributed by atoms with Crippen molar-refractivity contribution in [3.05, 3.63) is 35.6 Å². The van der Waals surface area contributed by atoms with E-state index in [9.17, 15) is 14.6 Å². The quantitative estimate of drug-likeness (QED) is 0.592. The van der Waals surface area contributed by atoms with E-state index in [2.05, 4.69) is 5.32 Å². The second-order valence-electron chi connectivity index (χ2n) is 6.32. The summed E-state index contributed by atoms with van der Waals surface area (Å²) in [6.45, 7) is 2.69. The molecule has 0 spiro atoms. The lowest BCUT2D eigenvalue weighted by Gasteiger charge is -2.29. The minimum absolute atomic E-state index is 0.251. The fourth-order valence-corrected chi connectivity index (χ4v) is 3.06. The zero-order chi connectivity index (χ0) is 16.7. The van der Waals surface area contributed by atoms with E-state index in [1.54, 1.807) is 19.2 Å². The normalized spacial score (nSPS) is 27.5. The molecule has 0 aromatic heterocycles. The van der Waals surface area contributed by atoms with Crippen molar-refractivity contribution in [3.8, 4) is 0 Å². The Kier molecular flexibility index (Phi) is 6.92. The topological polar surface area (TPSA) is 71.0 Å². The van der Waals surface area contributed by atoms with Gasteiger partial charge in [-0.25, -0.2) is 4.39 Å². The summed E-state index contributed by atoms with van der Waals surface area (Å²) in [5, 5.41) is 23.1. The molecule has 6 heteroatoms. The Morgan fingerprint density at radius 1 is 1.17 bits per heavy atom. The molecule has 1 aliphatic rings. The highest BCUT2D eigenvalue weighted by molar-refractivity contribution is 5.15. The maximum Gasteiger partial charge on any atom is 0.123 e. The van der Waals surface area contributed by atoms with Crippen LogP contribution in [0, 0.1) is 11.2 Å². The van der Waals surface area contributed by atoms with Crippen molar-refractivity contribution in [3.63, 3.8) is 0 Å². The van der Waals surface area contributed by atoms with E-state index in [0.717, 1.165) is 5.56 Å². The van der Waals surface area contributed by atoms with Crippen LogP contribution in [0.5, 0.6) is 0 Å². The number of methoxy groups -OCH3 is 1. The molecule has 2 rings (SSSR count). The van der Waals surface area contributed by atoms with Gasteiger partial charge in [-0.2, -0.15) is 0 Å². The van der Waals surface area contributed by atoms with Gasteiger partial charge in [0.2, 0.25) is 0 Å². The van der Waals surface area contributed by atoms with Gasteiger partial charge in [-0.3, -0.25) is 0 Å². The van der Waals surface area contributed by atoms with Crippen molar-refractivity contribution in [1.82, 2.24) is 5.32 Å². The van der Waals surface area contributed by atoms with Gasteiger partial charge in [0, 0.05) is 25.6 Å². The average Bonchev–Trinajstić information content (AvgIpc) is 2.81. The summed E-state index contributed by atoms with van der Waals surface area (Å²) in [5.41, 5.74) is 0.688. The molecular formula is C17H26FNO4. The number of ether oxygens (including phenoxy) is 2. The van der Waals surface area contributed by atoms with Gasteiger partial charge in [-0.1, -0.05) is 12.1 Å². The zero-order valence-electron chi connectivity index (χ0n) is 13.5. The van der Waals surface area contributed by atoms with Gasteiger partial charge in [-0.15, -0.1) is 0 Å². The molecule has 1 aliphatic carbocycles. The van der Waals surface area contributed by atoms with Gasteiger partial charge < -0.3 is 25.0 Å². The van der Waals surface area contributed by atoms with Crippen LogP contribution >= 0.6 is 0 Å². The summed E-state index contributed by atoms with van der Waals surface area (Å²) in [5.74, 6) is -0.251. The highest BCUT2D eigenvalue weighted by atomic mass is 19.1. The maximum atomic E-state index is 12.9. The molecule has 0 bridgehead atoms. The first-order chi connectivity index (χ1) is 11.0. The van der Waals surface area contributed by atoms with Crippen LogP contribution in [0.25, 0.3) is 0 Å². The number of halogens is 1. The summed E-state index contributed by atoms with van der Waals surface area (Å²) >= 11 is 0. The Balaban J connectivity index is 1.86. The first kappa shape index (κ1) is 18.3. The fourth-order valence-electron chi connectivity index (χ4n) is 3.06. The van der Waals surface area contributed by atoms with Crippen molar-refractivity contribution in [2.75, 3.05) is 33.5 Å². The van der Waals surface area contributed by atoms with Gasteiger partial charge in [-0.05, 0) is 30.5 Å². The Morgan fingerprint density at radius 2 is 1.83 bits per heavy atom. The van der Waals surface area contributed by atoms with Crippen LogP contribution in [0.15, 0.2) is 24.3 Å². The second kappa shape index (κ2) is 8.70. The molecule has 0 aliphatic heterocycles. The average molecular weight is 327 g/mol.